The van der Waals surface area contributed by atoms with Crippen LogP contribution < -0.4 is 15.5 Å². The summed E-state index contributed by atoms with van der Waals surface area (Å²) in [6, 6.07) is 4.27. The van der Waals surface area contributed by atoms with Crippen molar-refractivity contribution in [3.8, 4) is 0 Å². The molecule has 8 heteroatoms. The maximum atomic E-state index is 5.44. The molecule has 0 aliphatic carbocycles. The zero-order chi connectivity index (χ0) is 20.6. The molecule has 1 aliphatic rings. The van der Waals surface area contributed by atoms with E-state index in [1.165, 1.54) is 12.8 Å². The van der Waals surface area contributed by atoms with Gasteiger partial charge in [0.05, 0.1) is 5.69 Å². The molecule has 0 bridgehead atoms. The Morgan fingerprint density at radius 2 is 1.90 bits per heavy atom. The number of guanidine groups is 1. The van der Waals surface area contributed by atoms with Gasteiger partial charge < -0.3 is 20.1 Å². The fourth-order valence-electron chi connectivity index (χ4n) is 3.66. The third kappa shape index (κ3) is 6.33. The number of hydrogen-bond donors (Lipinski definition) is 2. The van der Waals surface area contributed by atoms with Crippen molar-refractivity contribution in [2.75, 3.05) is 25.0 Å². The van der Waals surface area contributed by atoms with Crippen LogP contribution in [-0.2, 0) is 25.9 Å². The molecule has 0 atom stereocenters. The van der Waals surface area contributed by atoms with Crippen LogP contribution in [0.3, 0.4) is 0 Å². The molecule has 1 aliphatic heterocycles. The highest BCUT2D eigenvalue weighted by atomic mass is 127. The minimum atomic E-state index is 0. The molecule has 2 aromatic heterocycles. The van der Waals surface area contributed by atoms with Crippen LogP contribution in [0.15, 0.2) is 27.8 Å². The van der Waals surface area contributed by atoms with Crippen LogP contribution in [0.5, 0.6) is 0 Å². The number of hydrogen-bond acceptors (Lipinski definition) is 5. The van der Waals surface area contributed by atoms with Gasteiger partial charge in [-0.15, -0.1) is 24.0 Å². The first-order valence-electron chi connectivity index (χ1n) is 10.7. The highest BCUT2D eigenvalue weighted by Gasteiger charge is 2.17. The Hall–Kier alpha value is -1.84. The van der Waals surface area contributed by atoms with Crippen molar-refractivity contribution in [3.63, 3.8) is 0 Å². The summed E-state index contributed by atoms with van der Waals surface area (Å²) in [5, 5.41) is 10.9. The van der Waals surface area contributed by atoms with Gasteiger partial charge in [-0.2, -0.15) is 0 Å². The highest BCUT2D eigenvalue weighted by Crippen LogP contribution is 2.21. The molecule has 0 aromatic carbocycles. The van der Waals surface area contributed by atoms with E-state index in [4.69, 9.17) is 4.52 Å². The number of pyridine rings is 1. The van der Waals surface area contributed by atoms with Crippen LogP contribution in [-0.4, -0.2) is 36.2 Å². The largest absolute Gasteiger partial charge is 0.361 e. The third-order valence-electron chi connectivity index (χ3n) is 5.64. The first-order valence-corrected chi connectivity index (χ1v) is 10.7. The van der Waals surface area contributed by atoms with Crippen LogP contribution in [0.1, 0.15) is 56.2 Å². The average molecular weight is 526 g/mol. The first kappa shape index (κ1) is 24.4. The Morgan fingerprint density at radius 3 is 2.50 bits per heavy atom. The van der Waals surface area contributed by atoms with Crippen LogP contribution in [0.25, 0.3) is 0 Å². The maximum absolute atomic E-state index is 5.44. The third-order valence-corrected chi connectivity index (χ3v) is 5.64. The molecule has 2 aromatic rings. The molecule has 0 saturated carbocycles. The SMILES string of the molecule is CCc1noc(CC)c1CNC(=NC)NCc1ccc(N2CCC(C)CC2)nc1.I. The Bertz CT molecular complexity index is 775. The lowest BCUT2D eigenvalue weighted by Gasteiger charge is -2.31. The van der Waals surface area contributed by atoms with Crippen LogP contribution in [0.4, 0.5) is 5.82 Å². The number of aryl methyl sites for hydroxylation is 2. The summed E-state index contributed by atoms with van der Waals surface area (Å²) in [5.41, 5.74) is 3.28. The standard InChI is InChI=1S/C22H34N6O.HI/c1-5-19-18(20(6-2)29-27-19)15-26-22(23-4)25-14-17-7-8-21(24-13-17)28-11-9-16(3)10-12-28;/h7-8,13,16H,5-6,9-12,14-15H2,1-4H3,(H2,23,25,26);1H. The van der Waals surface area contributed by atoms with Crippen molar-refractivity contribution in [2.24, 2.45) is 10.9 Å². The number of anilines is 1. The van der Waals surface area contributed by atoms with E-state index in [9.17, 15) is 0 Å². The molecule has 0 radical (unpaired) electrons. The van der Waals surface area contributed by atoms with Gasteiger partial charge in [-0.1, -0.05) is 32.0 Å². The molecule has 1 saturated heterocycles. The zero-order valence-electron chi connectivity index (χ0n) is 18.6. The lowest BCUT2D eigenvalue weighted by molar-refractivity contribution is 0.380. The van der Waals surface area contributed by atoms with E-state index in [2.05, 4.69) is 63.6 Å². The summed E-state index contributed by atoms with van der Waals surface area (Å²) in [4.78, 5) is 11.4. The highest BCUT2D eigenvalue weighted by molar-refractivity contribution is 14.0. The van der Waals surface area contributed by atoms with E-state index in [-0.39, 0.29) is 24.0 Å². The molecular formula is C22H35IN6O. The number of aromatic nitrogens is 2. The van der Waals surface area contributed by atoms with E-state index >= 15 is 0 Å². The van der Waals surface area contributed by atoms with Gasteiger partial charge in [0.25, 0.3) is 0 Å². The molecule has 0 amide bonds. The molecule has 166 valence electrons. The molecule has 2 N–H and O–H groups in total. The Morgan fingerprint density at radius 1 is 1.17 bits per heavy atom. The van der Waals surface area contributed by atoms with Crippen molar-refractivity contribution in [3.05, 3.63) is 40.9 Å². The van der Waals surface area contributed by atoms with E-state index in [1.807, 2.05) is 6.20 Å². The fourth-order valence-corrected chi connectivity index (χ4v) is 3.66. The van der Waals surface area contributed by atoms with Gasteiger partial charge in [0.15, 0.2) is 5.96 Å². The average Bonchev–Trinajstić information content (AvgIpc) is 3.17. The Kier molecular flexibility index (Phi) is 9.87. The lowest BCUT2D eigenvalue weighted by Crippen LogP contribution is -2.36. The van der Waals surface area contributed by atoms with Gasteiger partial charge in [-0.05, 0) is 36.8 Å². The molecule has 3 heterocycles. The second kappa shape index (κ2) is 12.1. The van der Waals surface area contributed by atoms with Crippen molar-refractivity contribution >= 4 is 35.8 Å². The summed E-state index contributed by atoms with van der Waals surface area (Å²) in [5.74, 6) is 3.60. The normalized spacial score (nSPS) is 15.1. The van der Waals surface area contributed by atoms with E-state index in [0.29, 0.717) is 13.1 Å². The van der Waals surface area contributed by atoms with Gasteiger partial charge in [0.1, 0.15) is 11.6 Å². The number of piperidine rings is 1. The fraction of sp³-hybridized carbons (Fsp3) is 0.591. The predicted octanol–water partition coefficient (Wildman–Crippen LogP) is 3.91. The van der Waals surface area contributed by atoms with E-state index in [0.717, 1.165) is 66.2 Å². The Balaban J connectivity index is 0.00000320. The molecule has 0 spiro atoms. The number of halogens is 1. The molecule has 1 fully saturated rings. The van der Waals surface area contributed by atoms with Gasteiger partial charge in [-0.3, -0.25) is 4.99 Å². The van der Waals surface area contributed by atoms with Crippen LogP contribution in [0, 0.1) is 5.92 Å². The quantitative estimate of drug-likeness (QED) is 0.324. The molecule has 30 heavy (non-hydrogen) atoms. The topological polar surface area (TPSA) is 78.6 Å². The molecule has 7 nitrogen and oxygen atoms in total. The van der Waals surface area contributed by atoms with Crippen molar-refractivity contribution in [1.29, 1.82) is 0 Å². The zero-order valence-corrected chi connectivity index (χ0v) is 20.9. The summed E-state index contributed by atoms with van der Waals surface area (Å²) < 4.78 is 5.44. The summed E-state index contributed by atoms with van der Waals surface area (Å²) in [6.07, 6.45) is 6.15. The summed E-state index contributed by atoms with van der Waals surface area (Å²) >= 11 is 0. The predicted molar refractivity (Wildman–Crippen MR) is 133 cm³/mol. The van der Waals surface area contributed by atoms with E-state index < -0.39 is 0 Å². The second-order valence-electron chi connectivity index (χ2n) is 7.71. The number of aliphatic imine (C=N–C) groups is 1. The monoisotopic (exact) mass is 526 g/mol. The number of rotatable bonds is 7. The summed E-state index contributed by atoms with van der Waals surface area (Å²) in [6.45, 7) is 10.0. The number of nitrogens with one attached hydrogen (secondary N) is 2. The number of nitrogens with zero attached hydrogens (tertiary/aromatic N) is 4. The minimum absolute atomic E-state index is 0. The summed E-state index contributed by atoms with van der Waals surface area (Å²) in [7, 11) is 1.78. The first-order chi connectivity index (χ1) is 14.1. The molecule has 3 rings (SSSR count). The molecule has 0 unspecified atom stereocenters. The van der Waals surface area contributed by atoms with Crippen molar-refractivity contribution in [2.45, 2.75) is 59.5 Å². The van der Waals surface area contributed by atoms with Gasteiger partial charge >= 0.3 is 0 Å². The van der Waals surface area contributed by atoms with Crippen molar-refractivity contribution in [1.82, 2.24) is 20.8 Å². The van der Waals surface area contributed by atoms with Crippen LogP contribution >= 0.6 is 24.0 Å². The molecular weight excluding hydrogens is 491 g/mol. The van der Waals surface area contributed by atoms with Crippen molar-refractivity contribution < 1.29 is 4.52 Å². The van der Waals surface area contributed by atoms with Gasteiger partial charge in [-0.25, -0.2) is 4.98 Å². The second-order valence-corrected chi connectivity index (χ2v) is 7.71. The smallest absolute Gasteiger partial charge is 0.191 e. The van der Waals surface area contributed by atoms with Gasteiger partial charge in [0, 0.05) is 51.4 Å². The maximum Gasteiger partial charge on any atom is 0.191 e. The minimum Gasteiger partial charge on any atom is -0.361 e. The van der Waals surface area contributed by atoms with Gasteiger partial charge in [0.2, 0.25) is 0 Å². The lowest BCUT2D eigenvalue weighted by atomic mass is 9.99. The van der Waals surface area contributed by atoms with Crippen LogP contribution in [0.2, 0.25) is 0 Å². The van der Waals surface area contributed by atoms with E-state index in [1.54, 1.807) is 7.05 Å². The Labute approximate surface area is 197 Å².